The summed E-state index contributed by atoms with van der Waals surface area (Å²) in [7, 11) is 0. The minimum Gasteiger partial charge on any atom is -0.508 e. The number of aromatic hydroxyl groups is 1. The molecule has 10 heteroatoms. The van der Waals surface area contributed by atoms with E-state index >= 15 is 0 Å². The van der Waals surface area contributed by atoms with Gasteiger partial charge in [-0.25, -0.2) is 14.6 Å². The van der Waals surface area contributed by atoms with Crippen molar-refractivity contribution < 1.29 is 28.6 Å². The molecule has 50 heavy (non-hydrogen) atoms. The van der Waals surface area contributed by atoms with E-state index in [1.165, 1.54) is 4.90 Å². The minimum atomic E-state index is -0.604. The average molecular weight is 683 g/mol. The second-order valence-electron chi connectivity index (χ2n) is 14.5. The first-order valence-electron chi connectivity index (χ1n) is 17.7. The van der Waals surface area contributed by atoms with Gasteiger partial charge in [0.05, 0.1) is 0 Å². The van der Waals surface area contributed by atoms with Crippen molar-refractivity contribution in [3.63, 3.8) is 0 Å². The number of rotatable bonds is 11. The Hall–Kier alpha value is -4.86. The fraction of sp³-hybridized carbons (Fsp3) is 0.450. The van der Waals surface area contributed by atoms with E-state index in [0.717, 1.165) is 22.2 Å². The van der Waals surface area contributed by atoms with Crippen molar-refractivity contribution in [3.05, 3.63) is 84.3 Å². The number of ether oxygens (including phenoxy) is 1. The van der Waals surface area contributed by atoms with E-state index in [1.807, 2.05) is 81.4 Å². The zero-order chi connectivity index (χ0) is 35.8. The van der Waals surface area contributed by atoms with Crippen molar-refractivity contribution in [2.45, 2.75) is 72.3 Å². The van der Waals surface area contributed by atoms with Crippen LogP contribution in [0.1, 0.15) is 65.3 Å². The van der Waals surface area contributed by atoms with Crippen LogP contribution in [-0.4, -0.2) is 81.1 Å². The predicted octanol–water partition coefficient (Wildman–Crippen LogP) is 7.93. The van der Waals surface area contributed by atoms with Gasteiger partial charge in [-0.2, -0.15) is 0 Å². The molecule has 0 aliphatic carbocycles. The van der Waals surface area contributed by atoms with Crippen LogP contribution in [-0.2, 0) is 22.4 Å². The van der Waals surface area contributed by atoms with Crippen molar-refractivity contribution in [3.8, 4) is 16.9 Å². The normalized spacial score (nSPS) is 13.8. The number of oxazole rings is 1. The third kappa shape index (κ3) is 9.64. The van der Waals surface area contributed by atoms with Crippen molar-refractivity contribution in [2.24, 2.45) is 11.8 Å². The lowest BCUT2D eigenvalue weighted by Crippen LogP contribution is -2.52. The largest absolute Gasteiger partial charge is 0.508 e. The Morgan fingerprint density at radius 3 is 2.28 bits per heavy atom. The molecule has 1 fully saturated rings. The summed E-state index contributed by atoms with van der Waals surface area (Å²) < 4.78 is 11.6. The van der Waals surface area contributed by atoms with Crippen LogP contribution >= 0.6 is 0 Å². The van der Waals surface area contributed by atoms with Gasteiger partial charge in [-0.1, -0.05) is 68.4 Å². The van der Waals surface area contributed by atoms with E-state index in [9.17, 15) is 19.5 Å². The molecule has 1 aromatic heterocycles. The van der Waals surface area contributed by atoms with Gasteiger partial charge in [-0.15, -0.1) is 0 Å². The van der Waals surface area contributed by atoms with E-state index in [4.69, 9.17) is 14.1 Å². The second-order valence-corrected chi connectivity index (χ2v) is 14.5. The van der Waals surface area contributed by atoms with Gasteiger partial charge in [0.15, 0.2) is 11.5 Å². The number of para-hydroxylation sites is 1. The SMILES string of the molecule is CC(C)CCN(C(=O)C1CCN(C(=O)OC(C)(C)C)CC1)C(=O)N(CCc1nc2cc(-c3ccccc3)ccc2o1)CCc1ccccc1O. The number of phenolic OH excluding ortho intramolecular Hbond substituents is 1. The summed E-state index contributed by atoms with van der Waals surface area (Å²) in [6.07, 6.45) is 1.94. The molecule has 266 valence electrons. The standard InChI is InChI=1S/C40H50N4O6/c1-28(2)17-26-44(37(46)31-19-23-43(24-20-31)39(48)50-40(3,4)5)38(47)42(22-18-30-13-9-10-14-34(30)45)25-21-36-41-33-27-32(15-16-35(33)49-36)29-11-7-6-8-12-29/h6-16,27-28,31,45H,17-26H2,1-5H3. The summed E-state index contributed by atoms with van der Waals surface area (Å²) in [5.41, 5.74) is 3.64. The van der Waals surface area contributed by atoms with Gasteiger partial charge in [0, 0.05) is 45.1 Å². The number of hydrogen-bond acceptors (Lipinski definition) is 7. The van der Waals surface area contributed by atoms with Gasteiger partial charge in [0.25, 0.3) is 0 Å². The predicted molar refractivity (Wildman–Crippen MR) is 194 cm³/mol. The first-order chi connectivity index (χ1) is 23.9. The third-order valence-corrected chi connectivity index (χ3v) is 8.97. The van der Waals surface area contributed by atoms with E-state index in [2.05, 4.69) is 13.8 Å². The Bertz CT molecular complexity index is 1750. The number of phenols is 1. The highest BCUT2D eigenvalue weighted by Crippen LogP contribution is 2.26. The second kappa shape index (κ2) is 16.2. The smallest absolute Gasteiger partial charge is 0.410 e. The number of hydrogen-bond donors (Lipinski definition) is 1. The summed E-state index contributed by atoms with van der Waals surface area (Å²) in [5.74, 6) is 0.336. The molecular weight excluding hydrogens is 632 g/mol. The van der Waals surface area contributed by atoms with Gasteiger partial charge >= 0.3 is 12.1 Å². The minimum absolute atomic E-state index is 0.164. The van der Waals surface area contributed by atoms with Gasteiger partial charge < -0.3 is 24.1 Å². The van der Waals surface area contributed by atoms with Gasteiger partial charge in [-0.3, -0.25) is 9.69 Å². The van der Waals surface area contributed by atoms with Crippen LogP contribution in [0.5, 0.6) is 5.75 Å². The maximum absolute atomic E-state index is 14.4. The molecule has 0 bridgehead atoms. The number of fused-ring (bicyclic) bond motifs is 1. The molecule has 1 aliphatic heterocycles. The first-order valence-corrected chi connectivity index (χ1v) is 17.7. The molecule has 1 saturated heterocycles. The molecule has 2 heterocycles. The molecule has 10 nitrogen and oxygen atoms in total. The van der Waals surface area contributed by atoms with Crippen LogP contribution in [0.2, 0.25) is 0 Å². The Morgan fingerprint density at radius 2 is 1.60 bits per heavy atom. The van der Waals surface area contributed by atoms with Crippen molar-refractivity contribution in [1.82, 2.24) is 19.7 Å². The van der Waals surface area contributed by atoms with Crippen LogP contribution in [0, 0.1) is 11.8 Å². The Balaban J connectivity index is 1.33. The zero-order valence-electron chi connectivity index (χ0n) is 29.9. The number of likely N-dealkylation sites (tertiary alicyclic amines) is 1. The summed E-state index contributed by atoms with van der Waals surface area (Å²) >= 11 is 0. The summed E-state index contributed by atoms with van der Waals surface area (Å²) in [5, 5.41) is 10.5. The molecule has 5 rings (SSSR count). The molecule has 3 aromatic carbocycles. The lowest BCUT2D eigenvalue weighted by Gasteiger charge is -2.36. The van der Waals surface area contributed by atoms with Crippen LogP contribution < -0.4 is 0 Å². The molecule has 1 aliphatic rings. The monoisotopic (exact) mass is 682 g/mol. The van der Waals surface area contributed by atoms with Gasteiger partial charge in [-0.05, 0) is 87.3 Å². The lowest BCUT2D eigenvalue weighted by molar-refractivity contribution is -0.134. The summed E-state index contributed by atoms with van der Waals surface area (Å²) in [6, 6.07) is 22.7. The number of imide groups is 1. The molecule has 0 unspecified atom stereocenters. The highest BCUT2D eigenvalue weighted by atomic mass is 16.6. The van der Waals surface area contributed by atoms with E-state index in [0.29, 0.717) is 63.2 Å². The number of piperidine rings is 1. The molecule has 4 aromatic rings. The molecular formula is C40H50N4O6. The molecule has 0 saturated carbocycles. The van der Waals surface area contributed by atoms with E-state index < -0.39 is 5.60 Å². The highest BCUT2D eigenvalue weighted by molar-refractivity contribution is 5.95. The average Bonchev–Trinajstić information content (AvgIpc) is 3.51. The molecule has 0 radical (unpaired) electrons. The number of carbonyl (C=O) groups excluding carboxylic acids is 3. The van der Waals surface area contributed by atoms with Crippen LogP contribution in [0.15, 0.2) is 77.2 Å². The third-order valence-electron chi connectivity index (χ3n) is 8.97. The van der Waals surface area contributed by atoms with E-state index in [-0.39, 0.29) is 48.7 Å². The van der Waals surface area contributed by atoms with Crippen LogP contribution in [0.4, 0.5) is 9.59 Å². The molecule has 0 atom stereocenters. The van der Waals surface area contributed by atoms with Crippen molar-refractivity contribution in [2.75, 3.05) is 32.7 Å². The Morgan fingerprint density at radius 1 is 0.920 bits per heavy atom. The Labute approximate surface area is 295 Å². The number of aromatic nitrogens is 1. The highest BCUT2D eigenvalue weighted by Gasteiger charge is 2.35. The van der Waals surface area contributed by atoms with Crippen molar-refractivity contribution in [1.29, 1.82) is 0 Å². The number of nitrogens with zero attached hydrogens (tertiary/aromatic N) is 4. The number of benzene rings is 3. The maximum Gasteiger partial charge on any atom is 0.410 e. The Kier molecular flexibility index (Phi) is 11.8. The number of carbonyl (C=O) groups is 3. The topological polar surface area (TPSA) is 116 Å². The molecule has 1 N–H and O–H groups in total. The molecule has 0 spiro atoms. The van der Waals surface area contributed by atoms with Gasteiger partial charge in [0.2, 0.25) is 5.91 Å². The quantitative estimate of drug-likeness (QED) is 0.171. The van der Waals surface area contributed by atoms with Gasteiger partial charge in [0.1, 0.15) is 16.9 Å². The first kappa shape index (κ1) is 36.4. The zero-order valence-corrected chi connectivity index (χ0v) is 29.9. The maximum atomic E-state index is 14.4. The fourth-order valence-corrected chi connectivity index (χ4v) is 6.12. The van der Waals surface area contributed by atoms with E-state index in [1.54, 1.807) is 21.9 Å². The number of amides is 4. The fourth-order valence-electron chi connectivity index (χ4n) is 6.12. The summed E-state index contributed by atoms with van der Waals surface area (Å²) in [6.45, 7) is 11.3. The number of urea groups is 1. The van der Waals surface area contributed by atoms with Crippen LogP contribution in [0.25, 0.3) is 22.2 Å². The van der Waals surface area contributed by atoms with Crippen molar-refractivity contribution >= 4 is 29.1 Å². The lowest BCUT2D eigenvalue weighted by atomic mass is 9.95. The summed E-state index contributed by atoms with van der Waals surface area (Å²) in [4.78, 5) is 50.6. The molecule has 4 amide bonds. The van der Waals surface area contributed by atoms with Crippen LogP contribution in [0.3, 0.4) is 0 Å².